The zero-order valence-corrected chi connectivity index (χ0v) is 19.7. The van der Waals surface area contributed by atoms with Gasteiger partial charge in [0.05, 0.1) is 0 Å². The third-order valence-corrected chi connectivity index (χ3v) is 7.49. The molecule has 3 aromatic carbocycles. The van der Waals surface area contributed by atoms with Crippen LogP contribution in [0.2, 0.25) is 5.02 Å². The van der Waals surface area contributed by atoms with Gasteiger partial charge in [-0.15, -0.1) is 0 Å². The molecule has 0 spiro atoms. The van der Waals surface area contributed by atoms with Gasteiger partial charge in [0.25, 0.3) is 0 Å². The molecule has 0 radical (unpaired) electrons. The number of hydrogen-bond acceptors (Lipinski definition) is 4. The van der Waals surface area contributed by atoms with Gasteiger partial charge in [-0.05, 0) is 47.9 Å². The van der Waals surface area contributed by atoms with Crippen LogP contribution in [0.5, 0.6) is 0 Å². The van der Waals surface area contributed by atoms with Crippen molar-refractivity contribution in [1.82, 2.24) is 9.29 Å². The molecular formula is C26H24ClN3O2S. The molecule has 0 aliphatic rings. The maximum Gasteiger partial charge on any atom is 0.245 e. The van der Waals surface area contributed by atoms with E-state index in [0.29, 0.717) is 10.8 Å². The Hall–Kier alpha value is -3.19. The highest BCUT2D eigenvalue weighted by Crippen LogP contribution is 2.26. The van der Waals surface area contributed by atoms with Gasteiger partial charge < -0.3 is 5.32 Å². The van der Waals surface area contributed by atoms with Gasteiger partial charge in [-0.3, -0.25) is 0 Å². The molecule has 4 aromatic rings. The van der Waals surface area contributed by atoms with Crippen molar-refractivity contribution >= 4 is 33.1 Å². The van der Waals surface area contributed by atoms with E-state index in [-0.39, 0.29) is 18.0 Å². The molecule has 1 heterocycles. The van der Waals surface area contributed by atoms with Crippen molar-refractivity contribution in [3.8, 4) is 0 Å². The van der Waals surface area contributed by atoms with E-state index in [1.165, 1.54) is 10.5 Å². The van der Waals surface area contributed by atoms with Crippen molar-refractivity contribution < 1.29 is 8.42 Å². The summed E-state index contributed by atoms with van der Waals surface area (Å²) in [5.74, 6) is 0.539. The Labute approximate surface area is 199 Å². The van der Waals surface area contributed by atoms with Crippen LogP contribution in [-0.2, 0) is 23.1 Å². The Bertz CT molecular complexity index is 1270. The largest absolute Gasteiger partial charge is 0.340 e. The van der Waals surface area contributed by atoms with Crippen LogP contribution < -0.4 is 5.32 Å². The fourth-order valence-corrected chi connectivity index (χ4v) is 4.97. The van der Waals surface area contributed by atoms with Crippen molar-refractivity contribution in [3.05, 3.63) is 119 Å². The lowest BCUT2D eigenvalue weighted by Gasteiger charge is -2.22. The number of benzene rings is 3. The number of rotatable bonds is 8. The normalized spacial score (nSPS) is 11.5. The highest BCUT2D eigenvalue weighted by Gasteiger charge is 2.25. The van der Waals surface area contributed by atoms with Crippen LogP contribution in [-0.4, -0.2) is 17.7 Å². The fourth-order valence-electron chi connectivity index (χ4n) is 3.44. The summed E-state index contributed by atoms with van der Waals surface area (Å²) in [4.78, 5) is 4.49. The lowest BCUT2D eigenvalue weighted by Crippen LogP contribution is -2.30. The average molecular weight is 478 g/mol. The molecule has 1 aromatic heterocycles. The zero-order chi connectivity index (χ0) is 23.3. The second-order valence-electron chi connectivity index (χ2n) is 7.66. The molecule has 0 bridgehead atoms. The molecule has 0 unspecified atom stereocenters. The quantitative estimate of drug-likeness (QED) is 0.329. The minimum atomic E-state index is -3.78. The van der Waals surface area contributed by atoms with Gasteiger partial charge in [0.15, 0.2) is 0 Å². The standard InChI is InChI=1S/C26H24ClN3O2S/c1-20-24(27)13-8-14-25(20)29-26-16-15-23(17-28-26)33(31,32)30(18-21-9-4-2-5-10-21)19-22-11-6-3-7-12-22/h2-17H,18-19H2,1H3,(H,28,29). The van der Waals surface area contributed by atoms with E-state index in [4.69, 9.17) is 11.6 Å². The Morgan fingerprint density at radius 1 is 0.818 bits per heavy atom. The average Bonchev–Trinajstić information content (AvgIpc) is 2.83. The lowest BCUT2D eigenvalue weighted by molar-refractivity contribution is 0.401. The molecule has 0 aliphatic heterocycles. The Morgan fingerprint density at radius 3 is 1.97 bits per heavy atom. The van der Waals surface area contributed by atoms with Crippen molar-refractivity contribution in [2.24, 2.45) is 0 Å². The zero-order valence-electron chi connectivity index (χ0n) is 18.1. The summed E-state index contributed by atoms with van der Waals surface area (Å²) in [5.41, 5.74) is 3.55. The summed E-state index contributed by atoms with van der Waals surface area (Å²) < 4.78 is 28.6. The SMILES string of the molecule is Cc1c(Cl)cccc1Nc1ccc(S(=O)(=O)N(Cc2ccccc2)Cc2ccccc2)cn1. The molecule has 5 nitrogen and oxygen atoms in total. The first-order valence-corrected chi connectivity index (χ1v) is 12.3. The van der Waals surface area contributed by atoms with E-state index in [1.807, 2.05) is 85.8 Å². The maximum atomic E-state index is 13.6. The Kier molecular flexibility index (Phi) is 7.08. The van der Waals surface area contributed by atoms with Gasteiger partial charge in [0.1, 0.15) is 10.7 Å². The van der Waals surface area contributed by atoms with E-state index in [1.54, 1.807) is 12.1 Å². The molecular weight excluding hydrogens is 454 g/mol. The number of anilines is 2. The van der Waals surface area contributed by atoms with Gasteiger partial charge in [-0.2, -0.15) is 4.31 Å². The molecule has 0 amide bonds. The predicted octanol–water partition coefficient (Wildman–Crippen LogP) is 6.18. The van der Waals surface area contributed by atoms with E-state index in [9.17, 15) is 8.42 Å². The van der Waals surface area contributed by atoms with Crippen LogP contribution in [0.3, 0.4) is 0 Å². The van der Waals surface area contributed by atoms with E-state index in [0.717, 1.165) is 22.4 Å². The van der Waals surface area contributed by atoms with Crippen molar-refractivity contribution in [2.75, 3.05) is 5.32 Å². The summed E-state index contributed by atoms with van der Waals surface area (Å²) in [5, 5.41) is 3.85. The summed E-state index contributed by atoms with van der Waals surface area (Å²) in [6, 6.07) is 27.9. The van der Waals surface area contributed by atoms with E-state index in [2.05, 4.69) is 10.3 Å². The predicted molar refractivity (Wildman–Crippen MR) is 133 cm³/mol. The smallest absolute Gasteiger partial charge is 0.245 e. The first-order valence-electron chi connectivity index (χ1n) is 10.5. The minimum Gasteiger partial charge on any atom is -0.340 e. The maximum absolute atomic E-state index is 13.6. The molecule has 0 saturated heterocycles. The van der Waals surface area contributed by atoms with Gasteiger partial charge >= 0.3 is 0 Å². The Morgan fingerprint density at radius 2 is 1.42 bits per heavy atom. The highest BCUT2D eigenvalue weighted by atomic mass is 35.5. The number of nitrogens with zero attached hydrogens (tertiary/aromatic N) is 2. The minimum absolute atomic E-state index is 0.141. The molecule has 7 heteroatoms. The number of aromatic nitrogens is 1. The van der Waals surface area contributed by atoms with Crippen LogP contribution in [0.4, 0.5) is 11.5 Å². The second-order valence-corrected chi connectivity index (χ2v) is 10.0. The first-order chi connectivity index (χ1) is 15.9. The van der Waals surface area contributed by atoms with Gasteiger partial charge in [-0.25, -0.2) is 13.4 Å². The van der Waals surface area contributed by atoms with Gasteiger partial charge in [0, 0.05) is 30.0 Å². The molecule has 33 heavy (non-hydrogen) atoms. The summed E-state index contributed by atoms with van der Waals surface area (Å²) in [6.07, 6.45) is 1.39. The second kappa shape index (κ2) is 10.2. The van der Waals surface area contributed by atoms with Crippen LogP contribution in [0.1, 0.15) is 16.7 Å². The summed E-state index contributed by atoms with van der Waals surface area (Å²) in [6.45, 7) is 2.44. The number of sulfonamides is 1. The van der Waals surface area contributed by atoms with Crippen molar-refractivity contribution in [2.45, 2.75) is 24.9 Å². The summed E-state index contributed by atoms with van der Waals surface area (Å²) >= 11 is 6.19. The molecule has 168 valence electrons. The fraction of sp³-hybridized carbons (Fsp3) is 0.115. The lowest BCUT2D eigenvalue weighted by atomic mass is 10.2. The number of nitrogens with one attached hydrogen (secondary N) is 1. The molecule has 0 aliphatic carbocycles. The first kappa shape index (κ1) is 23.0. The van der Waals surface area contributed by atoms with Crippen molar-refractivity contribution in [3.63, 3.8) is 0 Å². The monoisotopic (exact) mass is 477 g/mol. The highest BCUT2D eigenvalue weighted by molar-refractivity contribution is 7.89. The van der Waals surface area contributed by atoms with Gasteiger partial charge in [-0.1, -0.05) is 78.3 Å². The number of halogens is 1. The van der Waals surface area contributed by atoms with Crippen molar-refractivity contribution in [1.29, 1.82) is 0 Å². The molecule has 0 fully saturated rings. The third kappa shape index (κ3) is 5.60. The number of hydrogen-bond donors (Lipinski definition) is 1. The molecule has 4 rings (SSSR count). The number of pyridine rings is 1. The molecule has 1 N–H and O–H groups in total. The molecule has 0 saturated carbocycles. The van der Waals surface area contributed by atoms with E-state index >= 15 is 0 Å². The van der Waals surface area contributed by atoms with Crippen LogP contribution in [0.25, 0.3) is 0 Å². The van der Waals surface area contributed by atoms with E-state index < -0.39 is 10.0 Å². The van der Waals surface area contributed by atoms with Gasteiger partial charge in [0.2, 0.25) is 10.0 Å². The summed E-state index contributed by atoms with van der Waals surface area (Å²) in [7, 11) is -3.78. The van der Waals surface area contributed by atoms with Crippen LogP contribution in [0.15, 0.2) is 102 Å². The topological polar surface area (TPSA) is 62.3 Å². The third-order valence-electron chi connectivity index (χ3n) is 5.31. The van der Waals surface area contributed by atoms with Crippen LogP contribution >= 0.6 is 11.6 Å². The van der Waals surface area contributed by atoms with Crippen LogP contribution in [0, 0.1) is 6.92 Å². The molecule has 0 atom stereocenters. The Balaban J connectivity index is 1.60.